The Balaban J connectivity index is 4.61. The van der Waals surface area contributed by atoms with E-state index < -0.39 is 18.4 Å². The van der Waals surface area contributed by atoms with Gasteiger partial charge in [-0.15, -0.1) is 0 Å². The Labute approximate surface area is 121 Å². The van der Waals surface area contributed by atoms with Crippen LogP contribution in [0.15, 0.2) is 10.2 Å². The van der Waals surface area contributed by atoms with Crippen LogP contribution in [-0.2, 0) is 0 Å². The third-order valence-corrected chi connectivity index (χ3v) is 18.3. The average molecular weight is 359 g/mol. The Morgan fingerprint density at radius 1 is 0.667 bits per heavy atom. The van der Waals surface area contributed by atoms with Crippen LogP contribution in [0.2, 0.25) is 13.3 Å². The van der Waals surface area contributed by atoms with Crippen molar-refractivity contribution in [1.29, 1.82) is 0 Å². The molecule has 0 aliphatic rings. The zero-order chi connectivity index (χ0) is 13.7. The first kappa shape index (κ1) is 18.5. The first-order valence-corrected chi connectivity index (χ1v) is 16.1. The van der Waals surface area contributed by atoms with E-state index in [-0.39, 0.29) is 0 Å². The van der Waals surface area contributed by atoms with Gasteiger partial charge in [-0.3, -0.25) is 0 Å². The summed E-state index contributed by atoms with van der Waals surface area (Å²) < 4.78 is 7.65. The summed E-state index contributed by atoms with van der Waals surface area (Å²) in [5.41, 5.74) is 0. The summed E-state index contributed by atoms with van der Waals surface area (Å²) >= 11 is -1.90. The second-order valence-corrected chi connectivity index (χ2v) is 18.9. The predicted octanol–water partition coefficient (Wildman–Crippen LogP) is 6.73. The van der Waals surface area contributed by atoms with Gasteiger partial charge in [-0.1, -0.05) is 0 Å². The predicted molar refractivity (Wildman–Crippen MR) is 88.9 cm³/mol. The Hall–Kier alpha value is 0.539. The topological polar surface area (TPSA) is 0 Å². The van der Waals surface area contributed by atoms with Crippen molar-refractivity contribution in [1.82, 2.24) is 0 Å². The SMILES string of the molecule is CCCC=[CH][Sn]([CH2]CCC)([CH2]CCC)[CH2]CCC. The molecule has 0 rings (SSSR count). The summed E-state index contributed by atoms with van der Waals surface area (Å²) in [6, 6.07) is 0. The van der Waals surface area contributed by atoms with Crippen molar-refractivity contribution < 1.29 is 0 Å². The van der Waals surface area contributed by atoms with Crippen LogP contribution in [0, 0.1) is 0 Å². The number of hydrogen-bond acceptors (Lipinski definition) is 0. The summed E-state index contributed by atoms with van der Waals surface area (Å²) in [6.45, 7) is 9.36. The van der Waals surface area contributed by atoms with E-state index in [9.17, 15) is 0 Å². The maximum absolute atomic E-state index is 2.80. The molecule has 0 nitrogen and oxygen atoms in total. The van der Waals surface area contributed by atoms with Crippen molar-refractivity contribution >= 4 is 18.4 Å². The van der Waals surface area contributed by atoms with Gasteiger partial charge in [0.25, 0.3) is 0 Å². The van der Waals surface area contributed by atoms with Crippen LogP contribution in [0.5, 0.6) is 0 Å². The molecule has 0 amide bonds. The summed E-state index contributed by atoms with van der Waals surface area (Å²) in [4.78, 5) is 0. The Morgan fingerprint density at radius 3 is 1.44 bits per heavy atom. The van der Waals surface area contributed by atoms with Gasteiger partial charge in [-0.25, -0.2) is 0 Å². The van der Waals surface area contributed by atoms with E-state index in [0.717, 1.165) is 0 Å². The third-order valence-electron chi connectivity index (χ3n) is 4.01. The van der Waals surface area contributed by atoms with E-state index >= 15 is 0 Å². The molecular formula is C17H36Sn. The van der Waals surface area contributed by atoms with E-state index in [1.54, 1.807) is 13.3 Å². The van der Waals surface area contributed by atoms with E-state index in [4.69, 9.17) is 0 Å². The molecule has 0 aromatic rings. The molecule has 108 valence electrons. The standard InChI is InChI=1S/C5H9.3C4H9.Sn/c1-3-5-4-2;3*1-3-4-2;/h1,3H,4-5H2,2H3;3*1,3-4H2,2H3;. The molecule has 0 heterocycles. The Bertz CT molecular complexity index is 174. The zero-order valence-electron chi connectivity index (χ0n) is 13.4. The number of hydrogen-bond donors (Lipinski definition) is 0. The number of unbranched alkanes of at least 4 members (excludes halogenated alkanes) is 4. The van der Waals surface area contributed by atoms with Gasteiger partial charge in [0.1, 0.15) is 0 Å². The molecule has 0 N–H and O–H groups in total. The molecule has 0 atom stereocenters. The molecule has 18 heavy (non-hydrogen) atoms. The van der Waals surface area contributed by atoms with E-state index in [1.165, 1.54) is 51.4 Å². The van der Waals surface area contributed by atoms with Crippen molar-refractivity contribution in [2.24, 2.45) is 0 Å². The molecule has 0 bridgehead atoms. The fourth-order valence-corrected chi connectivity index (χ4v) is 17.2. The fraction of sp³-hybridized carbons (Fsp3) is 0.882. The van der Waals surface area contributed by atoms with Gasteiger partial charge in [0.15, 0.2) is 0 Å². The Kier molecular flexibility index (Phi) is 12.9. The number of allylic oxidation sites excluding steroid dienone is 1. The third kappa shape index (κ3) is 8.61. The van der Waals surface area contributed by atoms with Gasteiger partial charge in [-0.2, -0.15) is 0 Å². The van der Waals surface area contributed by atoms with Crippen molar-refractivity contribution in [3.63, 3.8) is 0 Å². The molecule has 0 saturated carbocycles. The molecule has 0 aliphatic carbocycles. The van der Waals surface area contributed by atoms with Crippen LogP contribution in [0.1, 0.15) is 79.1 Å². The first-order chi connectivity index (χ1) is 8.74. The van der Waals surface area contributed by atoms with Crippen LogP contribution in [0.3, 0.4) is 0 Å². The van der Waals surface area contributed by atoms with E-state index in [0.29, 0.717) is 0 Å². The molecule has 0 spiro atoms. The molecule has 0 fully saturated rings. The van der Waals surface area contributed by atoms with Crippen LogP contribution >= 0.6 is 0 Å². The van der Waals surface area contributed by atoms with Crippen LogP contribution in [-0.4, -0.2) is 18.4 Å². The van der Waals surface area contributed by atoms with Crippen molar-refractivity contribution in [3.05, 3.63) is 10.2 Å². The summed E-state index contributed by atoms with van der Waals surface area (Å²) in [5, 5.41) is 0. The molecule has 0 radical (unpaired) electrons. The molecule has 0 aliphatic heterocycles. The second-order valence-electron chi connectivity index (χ2n) is 5.86. The average Bonchev–Trinajstić information content (AvgIpc) is 2.40. The zero-order valence-corrected chi connectivity index (χ0v) is 16.3. The van der Waals surface area contributed by atoms with Crippen molar-refractivity contribution in [2.75, 3.05) is 0 Å². The maximum atomic E-state index is 2.80. The normalized spacial score (nSPS) is 12.4. The van der Waals surface area contributed by atoms with Gasteiger partial charge in [0.2, 0.25) is 0 Å². The molecule has 0 aromatic carbocycles. The summed E-state index contributed by atoms with van der Waals surface area (Å²) in [5.74, 6) is 0. The summed E-state index contributed by atoms with van der Waals surface area (Å²) in [7, 11) is 0. The second kappa shape index (κ2) is 12.6. The molecule has 1 heteroatoms. The summed E-state index contributed by atoms with van der Waals surface area (Å²) in [6.07, 6.45) is 13.8. The first-order valence-electron chi connectivity index (χ1n) is 8.42. The van der Waals surface area contributed by atoms with Gasteiger partial charge in [-0.05, 0) is 0 Å². The van der Waals surface area contributed by atoms with Gasteiger partial charge in [0, 0.05) is 0 Å². The minimum atomic E-state index is -1.90. The van der Waals surface area contributed by atoms with Gasteiger partial charge in [0.05, 0.1) is 0 Å². The molecular weight excluding hydrogens is 323 g/mol. The van der Waals surface area contributed by atoms with Gasteiger partial charge < -0.3 is 0 Å². The molecule has 0 unspecified atom stereocenters. The monoisotopic (exact) mass is 360 g/mol. The molecule has 0 saturated heterocycles. The number of rotatable bonds is 12. The molecule has 0 aromatic heterocycles. The van der Waals surface area contributed by atoms with Crippen LogP contribution < -0.4 is 0 Å². The van der Waals surface area contributed by atoms with Gasteiger partial charge >= 0.3 is 121 Å². The van der Waals surface area contributed by atoms with Crippen molar-refractivity contribution in [2.45, 2.75) is 92.4 Å². The quantitative estimate of drug-likeness (QED) is 0.339. The van der Waals surface area contributed by atoms with E-state index in [1.807, 2.05) is 0 Å². The van der Waals surface area contributed by atoms with Crippen LogP contribution in [0.4, 0.5) is 0 Å². The minimum absolute atomic E-state index is 1.31. The Morgan fingerprint density at radius 2 is 1.11 bits per heavy atom. The fourth-order valence-electron chi connectivity index (χ4n) is 2.71. The van der Waals surface area contributed by atoms with E-state index in [2.05, 4.69) is 37.9 Å². The van der Waals surface area contributed by atoms with Crippen molar-refractivity contribution in [3.8, 4) is 0 Å². The van der Waals surface area contributed by atoms with Crippen LogP contribution in [0.25, 0.3) is 0 Å².